The number of carbonyl (C=O) groups is 2. The van der Waals surface area contributed by atoms with Crippen LogP contribution in [0.15, 0.2) is 58.7 Å². The van der Waals surface area contributed by atoms with Crippen LogP contribution in [-0.4, -0.2) is 33.6 Å². The van der Waals surface area contributed by atoms with E-state index in [4.69, 9.17) is 4.74 Å². The molecule has 0 fully saturated rings. The third-order valence-electron chi connectivity index (χ3n) is 5.31. The SMILES string of the molecule is COc1ccccc1NC(=O)C(C)n1c(-c2ccc(C)cc2)nc2scc(C(=O)O)c2c1=O. The summed E-state index contributed by atoms with van der Waals surface area (Å²) in [5.74, 6) is -0.929. The second-order valence-corrected chi connectivity index (χ2v) is 8.33. The van der Waals surface area contributed by atoms with Crippen LogP contribution >= 0.6 is 11.3 Å². The van der Waals surface area contributed by atoms with Crippen LogP contribution in [0.1, 0.15) is 28.9 Å². The summed E-state index contributed by atoms with van der Waals surface area (Å²) in [4.78, 5) is 43.3. The molecule has 0 aliphatic carbocycles. The third kappa shape index (κ3) is 4.10. The number of aryl methyl sites for hydroxylation is 1. The van der Waals surface area contributed by atoms with E-state index in [1.807, 2.05) is 31.2 Å². The minimum absolute atomic E-state index is 0.0136. The Morgan fingerprint density at radius 2 is 1.85 bits per heavy atom. The van der Waals surface area contributed by atoms with Crippen LogP contribution in [0.3, 0.4) is 0 Å². The van der Waals surface area contributed by atoms with Gasteiger partial charge in [-0.15, -0.1) is 11.3 Å². The number of aromatic nitrogens is 2. The van der Waals surface area contributed by atoms with Crippen molar-refractivity contribution in [2.75, 3.05) is 12.4 Å². The van der Waals surface area contributed by atoms with Gasteiger partial charge in [-0.3, -0.25) is 14.2 Å². The van der Waals surface area contributed by atoms with Crippen LogP contribution in [0.4, 0.5) is 5.69 Å². The number of hydrogen-bond donors (Lipinski definition) is 2. The van der Waals surface area contributed by atoms with Crippen molar-refractivity contribution in [3.8, 4) is 17.1 Å². The van der Waals surface area contributed by atoms with E-state index in [0.717, 1.165) is 16.9 Å². The van der Waals surface area contributed by atoms with Crippen LogP contribution in [0.5, 0.6) is 5.75 Å². The molecule has 0 bridgehead atoms. The predicted molar refractivity (Wildman–Crippen MR) is 127 cm³/mol. The molecule has 1 amide bonds. The largest absolute Gasteiger partial charge is 0.495 e. The first-order chi connectivity index (χ1) is 15.8. The summed E-state index contributed by atoms with van der Waals surface area (Å²) < 4.78 is 6.54. The van der Waals surface area contributed by atoms with E-state index in [0.29, 0.717) is 21.8 Å². The third-order valence-corrected chi connectivity index (χ3v) is 6.18. The maximum absolute atomic E-state index is 13.6. The molecular weight excluding hydrogens is 442 g/mol. The first-order valence-electron chi connectivity index (χ1n) is 10.1. The second-order valence-electron chi connectivity index (χ2n) is 7.48. The number of ether oxygens (including phenoxy) is 1. The van der Waals surface area contributed by atoms with Gasteiger partial charge in [-0.05, 0) is 26.0 Å². The number of carboxylic acids is 1. The molecule has 9 heteroatoms. The standard InChI is InChI=1S/C24H21N3O5S/c1-13-8-10-15(11-9-13)20-26-22-19(16(12-33-22)24(30)31)23(29)27(20)14(2)21(28)25-17-6-4-5-7-18(17)32-3/h4-12,14H,1-3H3,(H,25,28)(H,30,31). The zero-order chi connectivity index (χ0) is 23.7. The van der Waals surface area contributed by atoms with E-state index < -0.39 is 23.5 Å². The molecule has 8 nitrogen and oxygen atoms in total. The number of hydrogen-bond acceptors (Lipinski definition) is 6. The van der Waals surface area contributed by atoms with E-state index in [1.54, 1.807) is 31.2 Å². The highest BCUT2D eigenvalue weighted by Gasteiger charge is 2.26. The van der Waals surface area contributed by atoms with Crippen LogP contribution < -0.4 is 15.6 Å². The van der Waals surface area contributed by atoms with Gasteiger partial charge in [0.15, 0.2) is 0 Å². The van der Waals surface area contributed by atoms with Crippen LogP contribution in [-0.2, 0) is 4.79 Å². The summed E-state index contributed by atoms with van der Waals surface area (Å²) in [5, 5.41) is 13.7. The molecule has 1 atom stereocenters. The molecule has 0 spiro atoms. The number of rotatable bonds is 6. The Labute approximate surface area is 193 Å². The number of para-hydroxylation sites is 2. The number of anilines is 1. The van der Waals surface area contributed by atoms with Gasteiger partial charge in [0.1, 0.15) is 22.4 Å². The van der Waals surface area contributed by atoms with Crippen molar-refractivity contribution in [3.63, 3.8) is 0 Å². The van der Waals surface area contributed by atoms with E-state index in [-0.39, 0.29) is 16.8 Å². The van der Waals surface area contributed by atoms with Gasteiger partial charge in [0, 0.05) is 10.9 Å². The van der Waals surface area contributed by atoms with Crippen LogP contribution in [0.2, 0.25) is 0 Å². The number of fused-ring (bicyclic) bond motifs is 1. The van der Waals surface area contributed by atoms with Crippen molar-refractivity contribution in [1.29, 1.82) is 0 Å². The van der Waals surface area contributed by atoms with E-state index >= 15 is 0 Å². The number of carbonyl (C=O) groups excluding carboxylic acids is 1. The normalized spacial score (nSPS) is 11.8. The molecule has 0 aliphatic heterocycles. The van der Waals surface area contributed by atoms with Gasteiger partial charge in [0.25, 0.3) is 5.56 Å². The highest BCUT2D eigenvalue weighted by molar-refractivity contribution is 7.17. The smallest absolute Gasteiger partial charge is 0.337 e. The van der Waals surface area contributed by atoms with Gasteiger partial charge in [0.2, 0.25) is 5.91 Å². The zero-order valence-electron chi connectivity index (χ0n) is 18.2. The van der Waals surface area contributed by atoms with Crippen LogP contribution in [0.25, 0.3) is 21.6 Å². The second kappa shape index (κ2) is 8.87. The number of amides is 1. The lowest BCUT2D eigenvalue weighted by Crippen LogP contribution is -2.33. The molecule has 2 heterocycles. The average molecular weight is 464 g/mol. The summed E-state index contributed by atoms with van der Waals surface area (Å²) in [6.45, 7) is 3.51. The van der Waals surface area contributed by atoms with Gasteiger partial charge in [-0.25, -0.2) is 9.78 Å². The van der Waals surface area contributed by atoms with Crippen molar-refractivity contribution in [1.82, 2.24) is 9.55 Å². The quantitative estimate of drug-likeness (QED) is 0.440. The Bertz CT molecular complexity index is 1420. The van der Waals surface area contributed by atoms with E-state index in [1.165, 1.54) is 17.1 Å². The van der Waals surface area contributed by atoms with Gasteiger partial charge < -0.3 is 15.2 Å². The molecule has 1 unspecified atom stereocenters. The number of nitrogens with one attached hydrogen (secondary N) is 1. The molecule has 0 aliphatic rings. The maximum atomic E-state index is 13.6. The lowest BCUT2D eigenvalue weighted by molar-refractivity contribution is -0.118. The van der Waals surface area contributed by atoms with Gasteiger partial charge in [-0.1, -0.05) is 42.0 Å². The van der Waals surface area contributed by atoms with Crippen molar-refractivity contribution in [3.05, 3.63) is 75.4 Å². The molecule has 0 saturated heterocycles. The average Bonchev–Trinajstić information content (AvgIpc) is 3.24. The van der Waals surface area contributed by atoms with Gasteiger partial charge >= 0.3 is 5.97 Å². The molecule has 4 rings (SSSR count). The number of methoxy groups -OCH3 is 1. The molecule has 2 N–H and O–H groups in total. The number of carboxylic acid groups (broad SMARTS) is 1. The molecule has 168 valence electrons. The molecular formula is C24H21N3O5S. The molecule has 0 saturated carbocycles. The molecule has 2 aromatic carbocycles. The minimum atomic E-state index is -1.22. The number of benzene rings is 2. The maximum Gasteiger partial charge on any atom is 0.337 e. The Balaban J connectivity index is 1.89. The summed E-state index contributed by atoms with van der Waals surface area (Å²) in [6.07, 6.45) is 0. The Kier molecular flexibility index (Phi) is 5.97. The fourth-order valence-electron chi connectivity index (χ4n) is 3.53. The van der Waals surface area contributed by atoms with E-state index in [9.17, 15) is 19.5 Å². The number of thiophene rings is 1. The molecule has 33 heavy (non-hydrogen) atoms. The fraction of sp³-hybridized carbons (Fsp3) is 0.167. The lowest BCUT2D eigenvalue weighted by atomic mass is 10.1. The monoisotopic (exact) mass is 463 g/mol. The van der Waals surface area contributed by atoms with E-state index in [2.05, 4.69) is 10.3 Å². The zero-order valence-corrected chi connectivity index (χ0v) is 19.0. The molecule has 0 radical (unpaired) electrons. The van der Waals surface area contributed by atoms with Crippen molar-refractivity contribution in [2.24, 2.45) is 0 Å². The number of aromatic carboxylic acids is 1. The summed E-state index contributed by atoms with van der Waals surface area (Å²) in [6, 6.07) is 13.3. The summed E-state index contributed by atoms with van der Waals surface area (Å²) in [7, 11) is 1.50. The summed E-state index contributed by atoms with van der Waals surface area (Å²) >= 11 is 1.08. The van der Waals surface area contributed by atoms with Crippen LogP contribution in [0, 0.1) is 6.92 Å². The van der Waals surface area contributed by atoms with Crippen molar-refractivity contribution < 1.29 is 19.4 Å². The first-order valence-corrected chi connectivity index (χ1v) is 11.0. The minimum Gasteiger partial charge on any atom is -0.495 e. The summed E-state index contributed by atoms with van der Waals surface area (Å²) in [5.41, 5.74) is 1.41. The number of nitrogens with zero attached hydrogens (tertiary/aromatic N) is 2. The lowest BCUT2D eigenvalue weighted by Gasteiger charge is -2.20. The Hall–Kier alpha value is -3.98. The van der Waals surface area contributed by atoms with Crippen molar-refractivity contribution >= 4 is 39.1 Å². The highest BCUT2D eigenvalue weighted by atomic mass is 32.1. The topological polar surface area (TPSA) is 111 Å². The van der Waals surface area contributed by atoms with Gasteiger partial charge in [0.05, 0.1) is 23.7 Å². The fourth-order valence-corrected chi connectivity index (χ4v) is 4.43. The Morgan fingerprint density at radius 3 is 2.52 bits per heavy atom. The molecule has 4 aromatic rings. The Morgan fingerprint density at radius 1 is 1.15 bits per heavy atom. The highest BCUT2D eigenvalue weighted by Crippen LogP contribution is 2.29. The van der Waals surface area contributed by atoms with Crippen molar-refractivity contribution in [2.45, 2.75) is 19.9 Å². The predicted octanol–water partition coefficient (Wildman–Crippen LogP) is 4.34. The van der Waals surface area contributed by atoms with Gasteiger partial charge in [-0.2, -0.15) is 0 Å². The molecule has 2 aromatic heterocycles. The first kappa shape index (κ1) is 22.2.